The first-order valence-corrected chi connectivity index (χ1v) is 6.70. The third-order valence-corrected chi connectivity index (χ3v) is 3.48. The van der Waals surface area contributed by atoms with Crippen molar-refractivity contribution in [1.29, 1.82) is 0 Å². The van der Waals surface area contributed by atoms with Crippen LogP contribution >= 0.6 is 11.6 Å². The maximum Gasteiger partial charge on any atom is 0.257 e. The van der Waals surface area contributed by atoms with Crippen molar-refractivity contribution < 1.29 is 4.79 Å². The zero-order valence-corrected chi connectivity index (χ0v) is 12.5. The van der Waals surface area contributed by atoms with Gasteiger partial charge in [-0.15, -0.1) is 0 Å². The standard InChI is InChI=1S/C16H17ClN2O/c1-9-4-5-13(14(17)6-9)16(20)19-15-10(2)7-12(18)8-11(15)3/h4-8H,18H2,1-3H3,(H,19,20). The van der Waals surface area contributed by atoms with Crippen molar-refractivity contribution in [2.24, 2.45) is 0 Å². The lowest BCUT2D eigenvalue weighted by atomic mass is 10.1. The highest BCUT2D eigenvalue weighted by atomic mass is 35.5. The van der Waals surface area contributed by atoms with Crippen LogP contribution in [0, 0.1) is 20.8 Å². The minimum atomic E-state index is -0.217. The van der Waals surface area contributed by atoms with E-state index in [4.69, 9.17) is 17.3 Å². The molecular weight excluding hydrogens is 272 g/mol. The predicted molar refractivity (Wildman–Crippen MR) is 84.5 cm³/mol. The zero-order valence-electron chi connectivity index (χ0n) is 11.8. The molecule has 104 valence electrons. The molecule has 3 N–H and O–H groups in total. The summed E-state index contributed by atoms with van der Waals surface area (Å²) in [5, 5.41) is 3.36. The molecule has 4 heteroatoms. The highest BCUT2D eigenvalue weighted by Crippen LogP contribution is 2.25. The van der Waals surface area contributed by atoms with E-state index >= 15 is 0 Å². The average Bonchev–Trinajstić information content (AvgIpc) is 2.33. The van der Waals surface area contributed by atoms with E-state index in [9.17, 15) is 4.79 Å². The lowest BCUT2D eigenvalue weighted by Gasteiger charge is -2.13. The molecule has 0 atom stereocenters. The van der Waals surface area contributed by atoms with E-state index < -0.39 is 0 Å². The number of anilines is 2. The average molecular weight is 289 g/mol. The molecule has 0 unspecified atom stereocenters. The van der Waals surface area contributed by atoms with Crippen LogP contribution in [0.25, 0.3) is 0 Å². The van der Waals surface area contributed by atoms with Crippen molar-refractivity contribution in [3.05, 3.63) is 57.6 Å². The van der Waals surface area contributed by atoms with E-state index in [2.05, 4.69) is 5.32 Å². The molecular formula is C16H17ClN2O. The number of rotatable bonds is 2. The normalized spacial score (nSPS) is 10.4. The first kappa shape index (κ1) is 14.4. The van der Waals surface area contributed by atoms with E-state index in [0.717, 1.165) is 22.4 Å². The zero-order chi connectivity index (χ0) is 14.9. The Morgan fingerprint density at radius 3 is 2.25 bits per heavy atom. The second kappa shape index (κ2) is 5.55. The van der Waals surface area contributed by atoms with Crippen LogP contribution in [-0.4, -0.2) is 5.91 Å². The minimum Gasteiger partial charge on any atom is -0.399 e. The number of carbonyl (C=O) groups excluding carboxylic acids is 1. The molecule has 3 nitrogen and oxygen atoms in total. The number of aryl methyl sites for hydroxylation is 3. The Morgan fingerprint density at radius 1 is 1.10 bits per heavy atom. The van der Waals surface area contributed by atoms with Crippen molar-refractivity contribution in [2.45, 2.75) is 20.8 Å². The molecule has 0 spiro atoms. The highest BCUT2D eigenvalue weighted by Gasteiger charge is 2.13. The fourth-order valence-electron chi connectivity index (χ4n) is 2.18. The maximum atomic E-state index is 12.3. The van der Waals surface area contributed by atoms with Gasteiger partial charge in [0.1, 0.15) is 0 Å². The van der Waals surface area contributed by atoms with Gasteiger partial charge in [-0.3, -0.25) is 4.79 Å². The highest BCUT2D eigenvalue weighted by molar-refractivity contribution is 6.34. The Hall–Kier alpha value is -2.00. The van der Waals surface area contributed by atoms with Gasteiger partial charge >= 0.3 is 0 Å². The third-order valence-electron chi connectivity index (χ3n) is 3.16. The van der Waals surface area contributed by atoms with Crippen LogP contribution in [0.3, 0.4) is 0 Å². The number of hydrogen-bond donors (Lipinski definition) is 2. The van der Waals surface area contributed by atoms with Crippen molar-refractivity contribution in [1.82, 2.24) is 0 Å². The first-order chi connectivity index (χ1) is 9.38. The summed E-state index contributed by atoms with van der Waals surface area (Å²) in [6, 6.07) is 9.04. The molecule has 0 aromatic heterocycles. The van der Waals surface area contributed by atoms with Crippen molar-refractivity contribution in [3.8, 4) is 0 Å². The van der Waals surface area contributed by atoms with Gasteiger partial charge in [0.05, 0.1) is 10.6 Å². The maximum absolute atomic E-state index is 12.3. The van der Waals surface area contributed by atoms with Crippen LogP contribution in [0.15, 0.2) is 30.3 Å². The van der Waals surface area contributed by atoms with E-state index in [1.165, 1.54) is 0 Å². The molecule has 0 aliphatic heterocycles. The molecule has 2 aromatic rings. The topological polar surface area (TPSA) is 55.1 Å². The summed E-state index contributed by atoms with van der Waals surface area (Å²) in [7, 11) is 0. The fourth-order valence-corrected chi connectivity index (χ4v) is 2.50. The molecule has 0 radical (unpaired) electrons. The quantitative estimate of drug-likeness (QED) is 0.818. The minimum absolute atomic E-state index is 0.217. The first-order valence-electron chi connectivity index (χ1n) is 6.32. The fraction of sp³-hybridized carbons (Fsp3) is 0.188. The largest absolute Gasteiger partial charge is 0.399 e. The van der Waals surface area contributed by atoms with Gasteiger partial charge in [-0.2, -0.15) is 0 Å². The molecule has 0 bridgehead atoms. The molecule has 2 rings (SSSR count). The Morgan fingerprint density at radius 2 is 1.70 bits per heavy atom. The summed E-state index contributed by atoms with van der Waals surface area (Å²) >= 11 is 6.11. The number of amides is 1. The molecule has 0 fully saturated rings. The van der Waals surface area contributed by atoms with E-state index in [1.54, 1.807) is 12.1 Å². The molecule has 0 saturated heterocycles. The summed E-state index contributed by atoms with van der Waals surface area (Å²) in [6.07, 6.45) is 0. The van der Waals surface area contributed by atoms with Crippen molar-refractivity contribution >= 4 is 28.9 Å². The van der Waals surface area contributed by atoms with Gasteiger partial charge < -0.3 is 11.1 Å². The Balaban J connectivity index is 2.33. The summed E-state index contributed by atoms with van der Waals surface area (Å²) in [5.41, 5.74) is 10.6. The number of hydrogen-bond acceptors (Lipinski definition) is 2. The van der Waals surface area contributed by atoms with Gasteiger partial charge in [-0.05, 0) is 61.7 Å². The SMILES string of the molecule is Cc1ccc(C(=O)Nc2c(C)cc(N)cc2C)c(Cl)c1. The Labute approximate surface area is 123 Å². The van der Waals surface area contributed by atoms with E-state index in [-0.39, 0.29) is 5.91 Å². The van der Waals surface area contributed by atoms with Gasteiger partial charge in [0.25, 0.3) is 5.91 Å². The van der Waals surface area contributed by atoms with Crippen LogP contribution in [0.2, 0.25) is 5.02 Å². The third kappa shape index (κ3) is 2.94. The van der Waals surface area contributed by atoms with Crippen LogP contribution < -0.4 is 11.1 Å². The van der Waals surface area contributed by atoms with Crippen LogP contribution in [0.4, 0.5) is 11.4 Å². The second-order valence-corrected chi connectivity index (χ2v) is 5.37. The molecule has 20 heavy (non-hydrogen) atoms. The molecule has 2 aromatic carbocycles. The van der Waals surface area contributed by atoms with Crippen LogP contribution in [0.1, 0.15) is 27.0 Å². The number of nitrogens with two attached hydrogens (primary N) is 1. The number of halogens is 1. The lowest BCUT2D eigenvalue weighted by molar-refractivity contribution is 0.102. The summed E-state index contributed by atoms with van der Waals surface area (Å²) < 4.78 is 0. The van der Waals surface area contributed by atoms with Crippen molar-refractivity contribution in [3.63, 3.8) is 0 Å². The Bertz CT molecular complexity index is 657. The van der Waals surface area contributed by atoms with Crippen LogP contribution in [0.5, 0.6) is 0 Å². The lowest BCUT2D eigenvalue weighted by Crippen LogP contribution is -2.14. The molecule has 0 aliphatic carbocycles. The molecule has 0 aliphatic rings. The smallest absolute Gasteiger partial charge is 0.257 e. The van der Waals surface area contributed by atoms with E-state index in [0.29, 0.717) is 16.3 Å². The van der Waals surface area contributed by atoms with E-state index in [1.807, 2.05) is 39.0 Å². The van der Waals surface area contributed by atoms with Gasteiger partial charge in [-0.1, -0.05) is 17.7 Å². The summed E-state index contributed by atoms with van der Waals surface area (Å²) in [6.45, 7) is 5.76. The second-order valence-electron chi connectivity index (χ2n) is 4.97. The molecule has 0 saturated carbocycles. The van der Waals surface area contributed by atoms with Gasteiger partial charge in [0, 0.05) is 11.4 Å². The number of nitrogens with one attached hydrogen (secondary N) is 1. The molecule has 1 amide bonds. The Kier molecular flexibility index (Phi) is 4.00. The van der Waals surface area contributed by atoms with Gasteiger partial charge in [0.15, 0.2) is 0 Å². The predicted octanol–water partition coefficient (Wildman–Crippen LogP) is 4.10. The molecule has 0 heterocycles. The van der Waals surface area contributed by atoms with Gasteiger partial charge in [-0.25, -0.2) is 0 Å². The monoisotopic (exact) mass is 288 g/mol. The van der Waals surface area contributed by atoms with Gasteiger partial charge in [0.2, 0.25) is 0 Å². The van der Waals surface area contributed by atoms with Crippen molar-refractivity contribution in [2.75, 3.05) is 11.1 Å². The summed E-state index contributed by atoms with van der Waals surface area (Å²) in [4.78, 5) is 12.3. The summed E-state index contributed by atoms with van der Waals surface area (Å²) in [5.74, 6) is -0.217. The number of benzene rings is 2. The van der Waals surface area contributed by atoms with Crippen LogP contribution in [-0.2, 0) is 0 Å². The number of nitrogen functional groups attached to an aromatic ring is 1. The number of carbonyl (C=O) groups is 1.